The average Bonchev–Trinajstić information content (AvgIpc) is 3.52. The first-order valence-electron chi connectivity index (χ1n) is 26.9. The molecule has 8 aromatic carbocycles. The minimum Gasteiger partial charge on any atom is -0.374 e. The molecule has 402 valence electrons. The van der Waals surface area contributed by atoms with Crippen molar-refractivity contribution in [2.45, 2.75) is 112 Å². The van der Waals surface area contributed by atoms with Gasteiger partial charge < -0.3 is 47.4 Å². The van der Waals surface area contributed by atoms with Gasteiger partial charge in [0.05, 0.1) is 59.5 Å². The van der Waals surface area contributed by atoms with Crippen LogP contribution in [0.15, 0.2) is 248 Å². The van der Waals surface area contributed by atoms with E-state index in [0.717, 1.165) is 43.8 Å². The van der Waals surface area contributed by atoms with Crippen molar-refractivity contribution in [3.63, 3.8) is 0 Å². The molecule has 10 rings (SSSR count). The van der Waals surface area contributed by atoms with Crippen LogP contribution in [0.2, 0.25) is 0 Å². The zero-order valence-electron chi connectivity index (χ0n) is 43.7. The second-order valence-corrected chi connectivity index (χ2v) is 20.6. The lowest BCUT2D eigenvalue weighted by molar-refractivity contribution is -0.337. The van der Waals surface area contributed by atoms with E-state index in [2.05, 4.69) is 72.8 Å². The van der Waals surface area contributed by atoms with Gasteiger partial charge in [0.1, 0.15) is 54.3 Å². The Morgan fingerprint density at radius 2 is 0.564 bits per heavy atom. The predicted octanol–water partition coefficient (Wildman–Crippen LogP) is 13.0. The van der Waals surface area contributed by atoms with Crippen LogP contribution in [0.1, 0.15) is 38.9 Å². The number of hydrogen-bond donors (Lipinski definition) is 0. The van der Waals surface area contributed by atoms with Gasteiger partial charge in [-0.1, -0.05) is 242 Å². The third-order valence-corrected chi connectivity index (χ3v) is 14.9. The first-order valence-corrected chi connectivity index (χ1v) is 27.8. The largest absolute Gasteiger partial charge is 0.374 e. The molecule has 8 aromatic rings. The van der Waals surface area contributed by atoms with Crippen LogP contribution in [0.5, 0.6) is 0 Å². The minimum atomic E-state index is -0.995. The van der Waals surface area contributed by atoms with Gasteiger partial charge in [-0.05, 0) is 51.1 Å². The van der Waals surface area contributed by atoms with Gasteiger partial charge in [-0.3, -0.25) is 0 Å². The van der Waals surface area contributed by atoms with Crippen LogP contribution in [-0.2, 0) is 93.6 Å². The number of benzene rings is 8. The number of rotatable bonds is 27. The summed E-state index contributed by atoms with van der Waals surface area (Å²) in [5.41, 5.74) is 6.54. The second kappa shape index (κ2) is 29.6. The maximum absolute atomic E-state index is 7.34. The molecule has 0 aromatic heterocycles. The maximum atomic E-state index is 7.34. The fourth-order valence-electron chi connectivity index (χ4n) is 9.68. The van der Waals surface area contributed by atoms with Crippen molar-refractivity contribution < 1.29 is 47.4 Å². The molecular formula is C67H68O10S. The Bertz CT molecular complexity index is 2880. The number of thioether (sulfide) groups is 1. The summed E-state index contributed by atoms with van der Waals surface area (Å²) in [7, 11) is 0. The van der Waals surface area contributed by atoms with Crippen LogP contribution in [0, 0.1) is 0 Å². The molecule has 11 heteroatoms. The Balaban J connectivity index is 1.01. The molecule has 2 aliphatic heterocycles. The van der Waals surface area contributed by atoms with E-state index in [0.29, 0.717) is 26.4 Å². The van der Waals surface area contributed by atoms with Crippen molar-refractivity contribution in [2.75, 3.05) is 13.2 Å². The molecule has 78 heavy (non-hydrogen) atoms. The van der Waals surface area contributed by atoms with Gasteiger partial charge in [0, 0.05) is 4.90 Å². The Labute approximate surface area is 463 Å². The lowest BCUT2D eigenvalue weighted by atomic mass is 9.97. The van der Waals surface area contributed by atoms with Crippen molar-refractivity contribution in [3.8, 4) is 0 Å². The SMILES string of the molecule is c1ccc(COC[C@H]2OC(OC[C@H]3O[C@@H](Sc4ccccc4)[C@H](OCc4ccccc4)[C@@H](OCc4ccccc4)[C@@H]3OCc3ccccc3)[C@H](OCc3ccccc3)[C@@H](OCc3ccccc3)[C@@H]2OCc2ccccc2)cc1. The van der Waals surface area contributed by atoms with Crippen molar-refractivity contribution in [3.05, 3.63) is 282 Å². The van der Waals surface area contributed by atoms with Crippen LogP contribution >= 0.6 is 11.8 Å². The lowest BCUT2D eigenvalue weighted by Gasteiger charge is -2.48. The van der Waals surface area contributed by atoms with E-state index in [-0.39, 0.29) is 33.0 Å². The zero-order valence-corrected chi connectivity index (χ0v) is 44.5. The Hall–Kier alpha value is -6.29. The third-order valence-electron chi connectivity index (χ3n) is 13.7. The van der Waals surface area contributed by atoms with E-state index < -0.39 is 60.6 Å². The van der Waals surface area contributed by atoms with E-state index in [4.69, 9.17) is 47.4 Å². The van der Waals surface area contributed by atoms with Crippen molar-refractivity contribution in [1.29, 1.82) is 0 Å². The van der Waals surface area contributed by atoms with Crippen LogP contribution in [0.25, 0.3) is 0 Å². The van der Waals surface area contributed by atoms with E-state index >= 15 is 0 Å². The molecule has 0 spiro atoms. The summed E-state index contributed by atoms with van der Waals surface area (Å²) in [6.07, 6.45) is -6.40. The fourth-order valence-corrected chi connectivity index (χ4v) is 10.8. The molecule has 2 aliphatic rings. The van der Waals surface area contributed by atoms with Crippen molar-refractivity contribution in [2.24, 2.45) is 0 Å². The first-order chi connectivity index (χ1) is 38.7. The van der Waals surface area contributed by atoms with Gasteiger partial charge in [-0.25, -0.2) is 0 Å². The van der Waals surface area contributed by atoms with E-state index in [9.17, 15) is 0 Å². The second-order valence-electron chi connectivity index (χ2n) is 19.4. The van der Waals surface area contributed by atoms with Crippen LogP contribution < -0.4 is 0 Å². The summed E-state index contributed by atoms with van der Waals surface area (Å²) < 4.78 is 70.6. The van der Waals surface area contributed by atoms with Crippen molar-refractivity contribution >= 4 is 11.8 Å². The molecule has 0 bridgehead atoms. The van der Waals surface area contributed by atoms with Gasteiger partial charge >= 0.3 is 0 Å². The number of hydrogen-bond acceptors (Lipinski definition) is 11. The summed E-state index contributed by atoms with van der Waals surface area (Å²) in [6.45, 7) is 2.37. The highest BCUT2D eigenvalue weighted by molar-refractivity contribution is 7.99. The van der Waals surface area contributed by atoms with Gasteiger partial charge in [-0.15, -0.1) is 0 Å². The highest BCUT2D eigenvalue weighted by Crippen LogP contribution is 2.40. The fraction of sp³-hybridized carbons (Fsp3) is 0.284. The maximum Gasteiger partial charge on any atom is 0.187 e. The summed E-state index contributed by atoms with van der Waals surface area (Å²) in [4.78, 5) is 1.02. The Morgan fingerprint density at radius 1 is 0.269 bits per heavy atom. The monoisotopic (exact) mass is 1060 g/mol. The summed E-state index contributed by atoms with van der Waals surface area (Å²) in [6, 6.07) is 81.3. The van der Waals surface area contributed by atoms with E-state index in [1.807, 2.05) is 170 Å². The molecule has 0 radical (unpaired) electrons. The van der Waals surface area contributed by atoms with E-state index in [1.165, 1.54) is 0 Å². The smallest absolute Gasteiger partial charge is 0.187 e. The quantitative estimate of drug-likeness (QED) is 0.0493. The minimum absolute atomic E-state index is 0.0241. The molecule has 0 saturated carbocycles. The van der Waals surface area contributed by atoms with Gasteiger partial charge in [0.2, 0.25) is 0 Å². The number of ether oxygens (including phenoxy) is 10. The predicted molar refractivity (Wildman–Crippen MR) is 302 cm³/mol. The Kier molecular flexibility index (Phi) is 20.9. The molecule has 2 fully saturated rings. The summed E-state index contributed by atoms with van der Waals surface area (Å²) in [5, 5.41) is 0. The molecule has 2 heterocycles. The normalized spacial score (nSPS) is 23.2. The van der Waals surface area contributed by atoms with E-state index in [1.54, 1.807) is 11.8 Å². The molecule has 1 unspecified atom stereocenters. The standard InChI is InChI=1S/C67H68O10S/c1-9-25-50(26-10-1)41-68-48-58-60(69-42-51-27-11-2-12-28-51)62(71-44-53-31-15-4-16-32-53)64(73-46-55-35-19-6-20-36-55)66(76-58)75-49-59-61(70-43-52-29-13-3-14-30-52)63(72-45-54-33-17-5-18-34-54)65(74-47-56-37-21-7-22-38-56)67(77-59)78-57-39-23-8-24-40-57/h1-40,58-67H,41-49H2/t58-,59-,60-,61-,62+,63+,64-,65-,66?,67+/m1/s1. The molecular weight excluding hydrogens is 997 g/mol. The first kappa shape index (κ1) is 55.0. The Morgan fingerprint density at radius 3 is 0.949 bits per heavy atom. The molecule has 0 aliphatic carbocycles. The lowest BCUT2D eigenvalue weighted by Crippen LogP contribution is -2.63. The van der Waals surface area contributed by atoms with Crippen LogP contribution in [-0.4, -0.2) is 73.8 Å². The topological polar surface area (TPSA) is 92.3 Å². The highest BCUT2D eigenvalue weighted by Gasteiger charge is 2.52. The summed E-state index contributed by atoms with van der Waals surface area (Å²) in [5.74, 6) is 0. The molecule has 0 N–H and O–H groups in total. The van der Waals surface area contributed by atoms with Gasteiger partial charge in [-0.2, -0.15) is 0 Å². The summed E-state index contributed by atoms with van der Waals surface area (Å²) >= 11 is 1.59. The van der Waals surface area contributed by atoms with Gasteiger partial charge in [0.15, 0.2) is 6.29 Å². The molecule has 10 nitrogen and oxygen atoms in total. The van der Waals surface area contributed by atoms with Crippen LogP contribution in [0.4, 0.5) is 0 Å². The highest BCUT2D eigenvalue weighted by atomic mass is 32.2. The zero-order chi connectivity index (χ0) is 52.8. The van der Waals surface area contributed by atoms with Crippen molar-refractivity contribution in [1.82, 2.24) is 0 Å². The average molecular weight is 1070 g/mol. The molecule has 2 saturated heterocycles. The van der Waals surface area contributed by atoms with Crippen LogP contribution in [0.3, 0.4) is 0 Å². The van der Waals surface area contributed by atoms with Gasteiger partial charge in [0.25, 0.3) is 0 Å². The third kappa shape index (κ3) is 16.2. The molecule has 0 amide bonds. The molecule has 10 atom stereocenters.